The minimum atomic E-state index is -0.330. The number of Topliss-reactive ketones (excluding diaryl/α,β-unsaturated/α-hetero) is 1. The van der Waals surface area contributed by atoms with Gasteiger partial charge in [0.05, 0.1) is 11.8 Å². The molecular weight excluding hydrogens is 376 g/mol. The van der Waals surface area contributed by atoms with Crippen LogP contribution in [0.2, 0.25) is 0 Å². The van der Waals surface area contributed by atoms with E-state index in [1.54, 1.807) is 12.1 Å². The first-order valence-corrected chi connectivity index (χ1v) is 11.6. The van der Waals surface area contributed by atoms with Gasteiger partial charge in [0.25, 0.3) is 0 Å². The number of ketones is 1. The molecule has 30 heavy (non-hydrogen) atoms. The number of anilines is 1. The second-order valence-corrected chi connectivity index (χ2v) is 8.31. The summed E-state index contributed by atoms with van der Waals surface area (Å²) in [6, 6.07) is 4.78. The van der Waals surface area contributed by atoms with Gasteiger partial charge in [0.15, 0.2) is 5.78 Å². The van der Waals surface area contributed by atoms with Crippen LogP contribution in [0.1, 0.15) is 107 Å². The second kappa shape index (κ2) is 13.0. The molecule has 2 rings (SSSR count). The molecule has 2 amide bonds. The quantitative estimate of drug-likeness (QED) is 0.211. The van der Waals surface area contributed by atoms with Crippen LogP contribution >= 0.6 is 0 Å². The first kappa shape index (κ1) is 23.9. The van der Waals surface area contributed by atoms with Gasteiger partial charge in [-0.1, -0.05) is 83.3 Å². The smallest absolute Gasteiger partial charge is 0.335 e. The molecular formula is C24H38N4O2. The lowest BCUT2D eigenvalue weighted by Crippen LogP contribution is -2.48. The van der Waals surface area contributed by atoms with Crippen LogP contribution in [0, 0.1) is 0 Å². The molecule has 0 aromatic heterocycles. The van der Waals surface area contributed by atoms with Crippen molar-refractivity contribution in [3.63, 3.8) is 0 Å². The summed E-state index contributed by atoms with van der Waals surface area (Å²) in [5.41, 5.74) is 11.1. The van der Waals surface area contributed by atoms with Crippen LogP contribution in [0.15, 0.2) is 23.3 Å². The van der Waals surface area contributed by atoms with Crippen molar-refractivity contribution in [1.29, 1.82) is 0 Å². The molecule has 0 fully saturated rings. The number of rotatable bonds is 14. The van der Waals surface area contributed by atoms with E-state index in [1.807, 2.05) is 13.0 Å². The highest BCUT2D eigenvalue weighted by Crippen LogP contribution is 2.20. The van der Waals surface area contributed by atoms with E-state index in [0.29, 0.717) is 23.4 Å². The Morgan fingerprint density at radius 1 is 1.00 bits per heavy atom. The Balaban J connectivity index is 1.67. The molecule has 1 aliphatic rings. The molecule has 0 saturated heterocycles. The van der Waals surface area contributed by atoms with Crippen molar-refractivity contribution >= 4 is 23.2 Å². The van der Waals surface area contributed by atoms with E-state index in [9.17, 15) is 9.59 Å². The third kappa shape index (κ3) is 7.81. The Bertz CT molecular complexity index is 730. The van der Waals surface area contributed by atoms with Gasteiger partial charge >= 0.3 is 6.03 Å². The lowest BCUT2D eigenvalue weighted by molar-refractivity contribution is 0.0979. The predicted octanol–water partition coefficient (Wildman–Crippen LogP) is 5.56. The Labute approximate surface area is 181 Å². The van der Waals surface area contributed by atoms with Crippen molar-refractivity contribution in [3.8, 4) is 0 Å². The summed E-state index contributed by atoms with van der Waals surface area (Å²) in [6.45, 7) is 4.10. The highest BCUT2D eigenvalue weighted by atomic mass is 16.2. The van der Waals surface area contributed by atoms with Crippen LogP contribution in [0.25, 0.3) is 0 Å². The third-order valence-corrected chi connectivity index (χ3v) is 5.69. The first-order valence-electron chi connectivity index (χ1n) is 11.6. The van der Waals surface area contributed by atoms with Crippen molar-refractivity contribution in [1.82, 2.24) is 10.7 Å². The van der Waals surface area contributed by atoms with Crippen LogP contribution in [0.3, 0.4) is 0 Å². The number of carbonyl (C=O) groups is 2. The van der Waals surface area contributed by atoms with Crippen molar-refractivity contribution in [2.45, 2.75) is 96.9 Å². The third-order valence-electron chi connectivity index (χ3n) is 5.69. The van der Waals surface area contributed by atoms with E-state index < -0.39 is 0 Å². The fourth-order valence-electron chi connectivity index (χ4n) is 3.86. The minimum Gasteiger partial charge on any atom is -0.398 e. The van der Waals surface area contributed by atoms with Gasteiger partial charge in [0, 0.05) is 23.2 Å². The van der Waals surface area contributed by atoms with Crippen LogP contribution in [-0.4, -0.2) is 23.6 Å². The molecule has 0 spiro atoms. The number of unbranched alkanes of at least 4 members (excludes halogenated alkanes) is 10. The summed E-state index contributed by atoms with van der Waals surface area (Å²) >= 11 is 0. The van der Waals surface area contributed by atoms with E-state index in [4.69, 9.17) is 5.73 Å². The molecule has 0 saturated carbocycles. The normalized spacial score (nSPS) is 16.0. The number of hydrogen-bond donors (Lipinski definition) is 3. The molecule has 0 radical (unpaired) electrons. The van der Waals surface area contributed by atoms with Crippen LogP contribution in [-0.2, 0) is 0 Å². The van der Waals surface area contributed by atoms with Crippen molar-refractivity contribution in [2.75, 3.05) is 5.73 Å². The van der Waals surface area contributed by atoms with Gasteiger partial charge in [-0.2, -0.15) is 5.10 Å². The highest BCUT2D eigenvalue weighted by Gasteiger charge is 2.22. The molecule has 0 aliphatic carbocycles. The molecule has 1 aromatic carbocycles. The molecule has 1 atom stereocenters. The number of benzene rings is 1. The van der Waals surface area contributed by atoms with Gasteiger partial charge in [-0.3, -0.25) is 4.79 Å². The van der Waals surface area contributed by atoms with E-state index in [-0.39, 0.29) is 17.9 Å². The zero-order chi connectivity index (χ0) is 21.8. The standard InChI is InChI=1S/C24H38N4O2/c1-3-4-5-6-7-8-9-10-11-12-13-14-22(29)19-15-16-20(21(25)17-19)23-18(2)26-24(30)28-27-23/h15-18H,3-14,25H2,1-2H3,(H2,26,28,30). The topological polar surface area (TPSA) is 96.6 Å². The maximum atomic E-state index is 12.5. The Hall–Kier alpha value is -2.37. The van der Waals surface area contributed by atoms with Crippen molar-refractivity contribution < 1.29 is 9.59 Å². The lowest BCUT2D eigenvalue weighted by atomic mass is 9.97. The van der Waals surface area contributed by atoms with Crippen LogP contribution in [0.4, 0.5) is 10.5 Å². The van der Waals surface area contributed by atoms with Gasteiger partial charge in [-0.25, -0.2) is 10.2 Å². The minimum absolute atomic E-state index is 0.134. The van der Waals surface area contributed by atoms with Gasteiger partial charge in [0.2, 0.25) is 0 Å². The van der Waals surface area contributed by atoms with E-state index in [0.717, 1.165) is 18.4 Å². The zero-order valence-corrected chi connectivity index (χ0v) is 18.6. The molecule has 1 aliphatic heterocycles. The molecule has 1 unspecified atom stereocenters. The average molecular weight is 415 g/mol. The fraction of sp³-hybridized carbons (Fsp3) is 0.625. The van der Waals surface area contributed by atoms with E-state index in [2.05, 4.69) is 22.8 Å². The molecule has 0 bridgehead atoms. The Morgan fingerprint density at radius 2 is 1.60 bits per heavy atom. The number of nitrogens with one attached hydrogen (secondary N) is 2. The molecule has 6 nitrogen and oxygen atoms in total. The van der Waals surface area contributed by atoms with Crippen LogP contribution < -0.4 is 16.5 Å². The summed E-state index contributed by atoms with van der Waals surface area (Å²) in [7, 11) is 0. The number of nitrogens with zero attached hydrogens (tertiary/aromatic N) is 1. The SMILES string of the molecule is CCCCCCCCCCCCCC(=O)c1ccc(C2=NNC(=O)NC2C)c(N)c1. The average Bonchev–Trinajstić information content (AvgIpc) is 2.72. The van der Waals surface area contributed by atoms with Crippen molar-refractivity contribution in [2.24, 2.45) is 5.10 Å². The van der Waals surface area contributed by atoms with E-state index >= 15 is 0 Å². The number of nitrogens with two attached hydrogens (primary N) is 1. The summed E-state index contributed by atoms with van der Waals surface area (Å²) in [5.74, 6) is 0.134. The summed E-state index contributed by atoms with van der Waals surface area (Å²) in [6.07, 6.45) is 14.5. The number of hydrazone groups is 1. The fourth-order valence-corrected chi connectivity index (χ4v) is 3.86. The lowest BCUT2D eigenvalue weighted by Gasteiger charge is -2.22. The monoisotopic (exact) mass is 414 g/mol. The number of carbonyl (C=O) groups excluding carboxylic acids is 2. The molecule has 1 aromatic rings. The highest BCUT2D eigenvalue weighted by molar-refractivity contribution is 6.11. The number of hydrogen-bond acceptors (Lipinski definition) is 4. The first-order chi connectivity index (χ1) is 14.5. The van der Waals surface area contributed by atoms with Gasteiger partial charge in [-0.05, 0) is 19.4 Å². The number of nitrogen functional groups attached to an aromatic ring is 1. The summed E-state index contributed by atoms with van der Waals surface area (Å²) in [5, 5.41) is 6.85. The molecule has 1 heterocycles. The summed E-state index contributed by atoms with van der Waals surface area (Å²) in [4.78, 5) is 23.8. The maximum absolute atomic E-state index is 12.5. The van der Waals surface area contributed by atoms with Gasteiger partial charge in [0.1, 0.15) is 0 Å². The van der Waals surface area contributed by atoms with Crippen LogP contribution in [0.5, 0.6) is 0 Å². The number of urea groups is 1. The Kier molecular flexibility index (Phi) is 10.4. The largest absolute Gasteiger partial charge is 0.398 e. The second-order valence-electron chi connectivity index (χ2n) is 8.31. The van der Waals surface area contributed by atoms with Crippen molar-refractivity contribution in [3.05, 3.63) is 29.3 Å². The molecule has 166 valence electrons. The molecule has 6 heteroatoms. The zero-order valence-electron chi connectivity index (χ0n) is 18.6. The van der Waals surface area contributed by atoms with Gasteiger partial charge in [-0.15, -0.1) is 0 Å². The van der Waals surface area contributed by atoms with Gasteiger partial charge < -0.3 is 11.1 Å². The van der Waals surface area contributed by atoms with E-state index in [1.165, 1.54) is 57.8 Å². The predicted molar refractivity (Wildman–Crippen MR) is 124 cm³/mol. The maximum Gasteiger partial charge on any atom is 0.335 e. The Morgan fingerprint density at radius 3 is 2.17 bits per heavy atom. The molecule has 4 N–H and O–H groups in total. The number of amides is 2. The summed E-state index contributed by atoms with van der Waals surface area (Å²) < 4.78 is 0.